The summed E-state index contributed by atoms with van der Waals surface area (Å²) in [6, 6.07) is 10.0. The van der Waals surface area contributed by atoms with Crippen molar-refractivity contribution in [2.75, 3.05) is 13.1 Å². The summed E-state index contributed by atoms with van der Waals surface area (Å²) in [5.41, 5.74) is 1.32. The molecule has 0 saturated carbocycles. The van der Waals surface area contributed by atoms with Gasteiger partial charge in [-0.15, -0.1) is 0 Å². The number of carbonyl (C=O) groups is 1. The van der Waals surface area contributed by atoms with Gasteiger partial charge < -0.3 is 0 Å². The number of benzene rings is 1. The number of Topliss-reactive ketones (excluding diaryl/α,β-unsaturated/α-hetero) is 1. The molecule has 0 unspecified atom stereocenters. The first-order valence-corrected chi connectivity index (χ1v) is 6.39. The lowest BCUT2D eigenvalue weighted by molar-refractivity contribution is -0.120. The molecule has 2 nitrogen and oxygen atoms in total. The molecule has 17 heavy (non-hydrogen) atoms. The van der Waals surface area contributed by atoms with E-state index in [2.05, 4.69) is 18.7 Å². The normalized spacial score (nSPS) is 19.4. The van der Waals surface area contributed by atoms with Gasteiger partial charge in [-0.05, 0) is 38.8 Å². The van der Waals surface area contributed by atoms with Crippen molar-refractivity contribution in [3.63, 3.8) is 0 Å². The van der Waals surface area contributed by atoms with Gasteiger partial charge in [-0.25, -0.2) is 0 Å². The van der Waals surface area contributed by atoms with E-state index in [1.54, 1.807) is 0 Å². The maximum Gasteiger partial charge on any atom is 0.151 e. The van der Waals surface area contributed by atoms with Crippen molar-refractivity contribution in [3.8, 4) is 0 Å². The minimum Gasteiger partial charge on any atom is -0.298 e. The minimum absolute atomic E-state index is 0.201. The zero-order valence-corrected chi connectivity index (χ0v) is 10.8. The Hall–Kier alpha value is -1.15. The van der Waals surface area contributed by atoms with Gasteiger partial charge in [0, 0.05) is 12.0 Å². The zero-order chi connectivity index (χ0) is 12.3. The van der Waals surface area contributed by atoms with Crippen LogP contribution < -0.4 is 0 Å². The molecular formula is C15H21NO. The number of hydrogen-bond acceptors (Lipinski definition) is 2. The molecule has 0 amide bonds. The third-order valence-electron chi connectivity index (χ3n) is 3.68. The van der Waals surface area contributed by atoms with E-state index < -0.39 is 0 Å². The van der Waals surface area contributed by atoms with Crippen LogP contribution in [0.5, 0.6) is 0 Å². The molecule has 1 fully saturated rings. The van der Waals surface area contributed by atoms with Crippen molar-refractivity contribution in [1.29, 1.82) is 0 Å². The Morgan fingerprint density at radius 3 is 2.59 bits per heavy atom. The highest BCUT2D eigenvalue weighted by atomic mass is 16.1. The van der Waals surface area contributed by atoms with Crippen LogP contribution in [0.2, 0.25) is 0 Å². The minimum atomic E-state index is 0.201. The van der Waals surface area contributed by atoms with E-state index >= 15 is 0 Å². The van der Waals surface area contributed by atoms with Crippen molar-refractivity contribution < 1.29 is 4.79 Å². The number of ketones is 1. The molecule has 0 bridgehead atoms. The first-order chi connectivity index (χ1) is 8.08. The summed E-state index contributed by atoms with van der Waals surface area (Å²) in [5, 5.41) is 0. The van der Waals surface area contributed by atoms with Gasteiger partial charge in [0.2, 0.25) is 0 Å². The molecule has 0 radical (unpaired) electrons. The number of hydrogen-bond donors (Lipinski definition) is 0. The molecule has 0 spiro atoms. The predicted molar refractivity (Wildman–Crippen MR) is 70.0 cm³/mol. The first kappa shape index (κ1) is 12.3. The van der Waals surface area contributed by atoms with Gasteiger partial charge in [-0.3, -0.25) is 9.69 Å². The summed E-state index contributed by atoms with van der Waals surface area (Å²) in [7, 11) is 0. The number of rotatable bonds is 4. The fourth-order valence-electron chi connectivity index (χ4n) is 2.55. The third-order valence-corrected chi connectivity index (χ3v) is 3.68. The SMILES string of the molecule is CC1(C)CCCN1CC(=O)Cc1ccccc1. The molecule has 0 atom stereocenters. The maximum atomic E-state index is 12.0. The van der Waals surface area contributed by atoms with Gasteiger partial charge in [0.05, 0.1) is 6.54 Å². The number of nitrogens with zero attached hydrogens (tertiary/aromatic N) is 1. The van der Waals surface area contributed by atoms with Gasteiger partial charge in [0.15, 0.2) is 5.78 Å². The van der Waals surface area contributed by atoms with Gasteiger partial charge in [0.25, 0.3) is 0 Å². The molecule has 1 aromatic rings. The number of likely N-dealkylation sites (tertiary alicyclic amines) is 1. The molecule has 0 aromatic heterocycles. The molecular weight excluding hydrogens is 210 g/mol. The van der Waals surface area contributed by atoms with Crippen LogP contribution in [0.4, 0.5) is 0 Å². The van der Waals surface area contributed by atoms with Crippen molar-refractivity contribution in [3.05, 3.63) is 35.9 Å². The lowest BCUT2D eigenvalue weighted by atomic mass is 10.0. The smallest absolute Gasteiger partial charge is 0.151 e. The summed E-state index contributed by atoms with van der Waals surface area (Å²) in [4.78, 5) is 14.3. The highest BCUT2D eigenvalue weighted by molar-refractivity contribution is 5.82. The molecule has 1 aliphatic rings. The molecule has 2 rings (SSSR count). The summed E-state index contributed by atoms with van der Waals surface area (Å²) in [5.74, 6) is 0.325. The largest absolute Gasteiger partial charge is 0.298 e. The second-order valence-electron chi connectivity index (χ2n) is 5.54. The van der Waals surface area contributed by atoms with Crippen molar-refractivity contribution in [2.45, 2.75) is 38.6 Å². The Morgan fingerprint density at radius 1 is 1.29 bits per heavy atom. The van der Waals surface area contributed by atoms with E-state index in [0.717, 1.165) is 12.1 Å². The molecule has 0 N–H and O–H groups in total. The Labute approximate surface area is 104 Å². The molecule has 1 heterocycles. The molecule has 1 aliphatic heterocycles. The second-order valence-corrected chi connectivity index (χ2v) is 5.54. The fraction of sp³-hybridized carbons (Fsp3) is 0.533. The monoisotopic (exact) mass is 231 g/mol. The lowest BCUT2D eigenvalue weighted by Gasteiger charge is -2.30. The molecule has 92 valence electrons. The van der Waals surface area contributed by atoms with Gasteiger partial charge in [-0.2, -0.15) is 0 Å². The van der Waals surface area contributed by atoms with Crippen molar-refractivity contribution in [1.82, 2.24) is 4.90 Å². The zero-order valence-electron chi connectivity index (χ0n) is 10.8. The van der Waals surface area contributed by atoms with Crippen LogP contribution in [0, 0.1) is 0 Å². The van der Waals surface area contributed by atoms with Crippen LogP contribution in [0.15, 0.2) is 30.3 Å². The quantitative estimate of drug-likeness (QED) is 0.794. The lowest BCUT2D eigenvalue weighted by Crippen LogP contribution is -2.41. The summed E-state index contributed by atoms with van der Waals surface area (Å²) in [6.07, 6.45) is 2.98. The fourth-order valence-corrected chi connectivity index (χ4v) is 2.55. The van der Waals surface area contributed by atoms with Gasteiger partial charge >= 0.3 is 0 Å². The predicted octanol–water partition coefficient (Wildman–Crippen LogP) is 2.67. The van der Waals surface area contributed by atoms with E-state index in [9.17, 15) is 4.79 Å². The Kier molecular flexibility index (Phi) is 3.63. The molecule has 0 aliphatic carbocycles. The van der Waals surface area contributed by atoms with Crippen LogP contribution >= 0.6 is 0 Å². The Bertz CT molecular complexity index is 383. The van der Waals surface area contributed by atoms with Gasteiger partial charge in [-0.1, -0.05) is 30.3 Å². The summed E-state index contributed by atoms with van der Waals surface area (Å²) < 4.78 is 0. The topological polar surface area (TPSA) is 20.3 Å². The van der Waals surface area contributed by atoms with E-state index in [4.69, 9.17) is 0 Å². The summed E-state index contributed by atoms with van der Waals surface area (Å²) >= 11 is 0. The Morgan fingerprint density at radius 2 is 2.00 bits per heavy atom. The van der Waals surface area contributed by atoms with Crippen LogP contribution in [0.3, 0.4) is 0 Å². The standard InChI is InChI=1S/C15H21NO/c1-15(2)9-6-10-16(15)12-14(17)11-13-7-4-3-5-8-13/h3-5,7-8H,6,9-12H2,1-2H3. The average Bonchev–Trinajstić information content (AvgIpc) is 2.59. The van der Waals surface area contributed by atoms with Crippen LogP contribution in [0.25, 0.3) is 0 Å². The first-order valence-electron chi connectivity index (χ1n) is 6.39. The average molecular weight is 231 g/mol. The van der Waals surface area contributed by atoms with Crippen LogP contribution in [0.1, 0.15) is 32.3 Å². The second kappa shape index (κ2) is 5.01. The van der Waals surface area contributed by atoms with E-state index in [-0.39, 0.29) is 5.54 Å². The summed E-state index contributed by atoms with van der Waals surface area (Å²) in [6.45, 7) is 6.13. The van der Waals surface area contributed by atoms with Gasteiger partial charge in [0.1, 0.15) is 0 Å². The van der Waals surface area contributed by atoms with Crippen LogP contribution in [-0.2, 0) is 11.2 Å². The maximum absolute atomic E-state index is 12.0. The Balaban J connectivity index is 1.90. The molecule has 1 aromatic carbocycles. The van der Waals surface area contributed by atoms with E-state index in [1.807, 2.05) is 30.3 Å². The third kappa shape index (κ3) is 3.16. The van der Waals surface area contributed by atoms with Crippen molar-refractivity contribution in [2.24, 2.45) is 0 Å². The molecule has 2 heteroatoms. The van der Waals surface area contributed by atoms with E-state index in [0.29, 0.717) is 18.7 Å². The highest BCUT2D eigenvalue weighted by Crippen LogP contribution is 2.27. The molecule has 1 saturated heterocycles. The number of carbonyl (C=O) groups excluding carboxylic acids is 1. The van der Waals surface area contributed by atoms with Crippen molar-refractivity contribution >= 4 is 5.78 Å². The highest BCUT2D eigenvalue weighted by Gasteiger charge is 2.32. The van der Waals surface area contributed by atoms with E-state index in [1.165, 1.54) is 12.8 Å². The van der Waals surface area contributed by atoms with Crippen LogP contribution in [-0.4, -0.2) is 29.3 Å².